The zero-order valence-electron chi connectivity index (χ0n) is 14.7. The number of nitrogens with zero attached hydrogens (tertiary/aromatic N) is 2. The molecule has 5 nitrogen and oxygen atoms in total. The van der Waals surface area contributed by atoms with Crippen molar-refractivity contribution < 1.29 is 13.6 Å². The van der Waals surface area contributed by atoms with Crippen molar-refractivity contribution in [3.8, 4) is 0 Å². The Bertz CT molecular complexity index is 715. The number of carbonyl (C=O) groups excluding carboxylic acids is 1. The third-order valence-corrected chi connectivity index (χ3v) is 4.54. The molecular formula is C19H24FN3O2. The van der Waals surface area contributed by atoms with Crippen LogP contribution in [0.4, 0.5) is 9.18 Å². The van der Waals surface area contributed by atoms with Gasteiger partial charge in [-0.05, 0) is 56.3 Å². The molecule has 1 aliphatic carbocycles. The molecule has 134 valence electrons. The molecular weight excluding hydrogens is 321 g/mol. The maximum Gasteiger partial charge on any atom is 0.318 e. The number of benzene rings is 1. The minimum Gasteiger partial charge on any atom is -0.467 e. The fourth-order valence-corrected chi connectivity index (χ4v) is 3.16. The topological polar surface area (TPSA) is 48.7 Å². The van der Waals surface area contributed by atoms with Crippen LogP contribution in [0.2, 0.25) is 0 Å². The SMILES string of the molecule is CN(C)CCN(Cc1ccco1)C(=O)N[C@H]1CCc2c(F)cccc21. The average Bonchev–Trinajstić information content (AvgIpc) is 3.22. The number of hydrogen-bond donors (Lipinski definition) is 1. The number of rotatable bonds is 6. The first-order valence-corrected chi connectivity index (χ1v) is 8.54. The van der Waals surface area contributed by atoms with Crippen molar-refractivity contribution >= 4 is 6.03 Å². The zero-order chi connectivity index (χ0) is 17.8. The summed E-state index contributed by atoms with van der Waals surface area (Å²) in [7, 11) is 3.94. The largest absolute Gasteiger partial charge is 0.467 e. The number of urea groups is 1. The molecule has 1 aromatic carbocycles. The van der Waals surface area contributed by atoms with Gasteiger partial charge in [0.2, 0.25) is 0 Å². The first kappa shape index (κ1) is 17.5. The molecule has 0 spiro atoms. The van der Waals surface area contributed by atoms with Crippen LogP contribution in [-0.4, -0.2) is 43.0 Å². The summed E-state index contributed by atoms with van der Waals surface area (Å²) in [5.41, 5.74) is 1.61. The minimum atomic E-state index is -0.186. The van der Waals surface area contributed by atoms with E-state index in [0.717, 1.165) is 29.9 Å². The van der Waals surface area contributed by atoms with Gasteiger partial charge in [-0.3, -0.25) is 0 Å². The lowest BCUT2D eigenvalue weighted by atomic mass is 10.1. The van der Waals surface area contributed by atoms with Crippen molar-refractivity contribution in [3.05, 3.63) is 59.3 Å². The van der Waals surface area contributed by atoms with Crippen LogP contribution in [-0.2, 0) is 13.0 Å². The molecule has 2 aromatic rings. The van der Waals surface area contributed by atoms with Gasteiger partial charge in [-0.2, -0.15) is 0 Å². The van der Waals surface area contributed by atoms with E-state index < -0.39 is 0 Å². The quantitative estimate of drug-likeness (QED) is 0.875. The third kappa shape index (κ3) is 4.20. The van der Waals surface area contributed by atoms with Crippen molar-refractivity contribution in [2.75, 3.05) is 27.2 Å². The minimum absolute atomic E-state index is 0.142. The molecule has 1 aromatic heterocycles. The van der Waals surface area contributed by atoms with Crippen LogP contribution in [0.1, 0.15) is 29.3 Å². The molecule has 6 heteroatoms. The van der Waals surface area contributed by atoms with Gasteiger partial charge >= 0.3 is 6.03 Å². The van der Waals surface area contributed by atoms with Gasteiger partial charge in [0.1, 0.15) is 11.6 Å². The molecule has 1 heterocycles. The summed E-state index contributed by atoms with van der Waals surface area (Å²) < 4.78 is 19.3. The van der Waals surface area contributed by atoms with E-state index in [9.17, 15) is 9.18 Å². The van der Waals surface area contributed by atoms with Crippen molar-refractivity contribution in [2.45, 2.75) is 25.4 Å². The summed E-state index contributed by atoms with van der Waals surface area (Å²) >= 11 is 0. The molecule has 0 saturated carbocycles. The fraction of sp³-hybridized carbons (Fsp3) is 0.421. The normalized spacial score (nSPS) is 16.1. The monoisotopic (exact) mass is 345 g/mol. The lowest BCUT2D eigenvalue weighted by Gasteiger charge is -2.26. The lowest BCUT2D eigenvalue weighted by molar-refractivity contribution is 0.180. The number of furan rings is 1. The van der Waals surface area contributed by atoms with E-state index in [1.807, 2.05) is 37.2 Å². The maximum atomic E-state index is 13.9. The van der Waals surface area contributed by atoms with E-state index in [1.165, 1.54) is 6.07 Å². The van der Waals surface area contributed by atoms with E-state index in [1.54, 1.807) is 17.2 Å². The van der Waals surface area contributed by atoms with E-state index in [0.29, 0.717) is 19.5 Å². The number of carbonyl (C=O) groups is 1. The molecule has 1 aliphatic rings. The van der Waals surface area contributed by atoms with Crippen molar-refractivity contribution in [1.29, 1.82) is 0 Å². The highest BCUT2D eigenvalue weighted by Crippen LogP contribution is 2.32. The number of fused-ring (bicyclic) bond motifs is 1. The van der Waals surface area contributed by atoms with Gasteiger partial charge in [-0.15, -0.1) is 0 Å². The number of amides is 2. The molecule has 2 amide bonds. The standard InChI is InChI=1S/C19H24FN3O2/c1-22(2)10-11-23(13-14-5-4-12-25-14)19(24)21-18-9-8-15-16(18)6-3-7-17(15)20/h3-7,12,18H,8-11,13H2,1-2H3,(H,21,24)/t18-/m0/s1. The number of halogens is 1. The fourth-order valence-electron chi connectivity index (χ4n) is 3.16. The van der Waals surface area contributed by atoms with Gasteiger partial charge < -0.3 is 19.5 Å². The second kappa shape index (κ2) is 7.70. The molecule has 0 unspecified atom stereocenters. The molecule has 3 rings (SSSR count). The Morgan fingerprint density at radius 3 is 2.84 bits per heavy atom. The summed E-state index contributed by atoms with van der Waals surface area (Å²) in [6, 6.07) is 8.45. The van der Waals surface area contributed by atoms with E-state index in [4.69, 9.17) is 4.42 Å². The van der Waals surface area contributed by atoms with Gasteiger partial charge in [-0.25, -0.2) is 9.18 Å². The van der Waals surface area contributed by atoms with Gasteiger partial charge in [-0.1, -0.05) is 12.1 Å². The Labute approximate surface area is 147 Å². The molecule has 0 fully saturated rings. The second-order valence-corrected chi connectivity index (χ2v) is 6.65. The summed E-state index contributed by atoms with van der Waals surface area (Å²) in [6.45, 7) is 1.75. The smallest absolute Gasteiger partial charge is 0.318 e. The Morgan fingerprint density at radius 1 is 1.28 bits per heavy atom. The molecule has 0 radical (unpaired) electrons. The van der Waals surface area contributed by atoms with Gasteiger partial charge in [0, 0.05) is 13.1 Å². The van der Waals surface area contributed by atoms with Gasteiger partial charge in [0.15, 0.2) is 0 Å². The van der Waals surface area contributed by atoms with Crippen LogP contribution in [0.5, 0.6) is 0 Å². The highest BCUT2D eigenvalue weighted by Gasteiger charge is 2.27. The highest BCUT2D eigenvalue weighted by molar-refractivity contribution is 5.75. The van der Waals surface area contributed by atoms with E-state index >= 15 is 0 Å². The van der Waals surface area contributed by atoms with E-state index in [2.05, 4.69) is 5.32 Å². The Hall–Kier alpha value is -2.34. The van der Waals surface area contributed by atoms with Crippen LogP contribution in [0.25, 0.3) is 0 Å². The Morgan fingerprint density at radius 2 is 2.12 bits per heavy atom. The van der Waals surface area contributed by atoms with Crippen LogP contribution in [0.15, 0.2) is 41.0 Å². The van der Waals surface area contributed by atoms with Gasteiger partial charge in [0.05, 0.1) is 18.8 Å². The predicted octanol–water partition coefficient (Wildman–Crippen LogP) is 3.18. The van der Waals surface area contributed by atoms with Crippen molar-refractivity contribution in [3.63, 3.8) is 0 Å². The zero-order valence-corrected chi connectivity index (χ0v) is 14.7. The van der Waals surface area contributed by atoms with Crippen molar-refractivity contribution in [1.82, 2.24) is 15.1 Å². The first-order chi connectivity index (χ1) is 12.0. The number of hydrogen-bond acceptors (Lipinski definition) is 3. The third-order valence-electron chi connectivity index (χ3n) is 4.54. The first-order valence-electron chi connectivity index (χ1n) is 8.54. The second-order valence-electron chi connectivity index (χ2n) is 6.65. The summed E-state index contributed by atoms with van der Waals surface area (Å²) in [5, 5.41) is 3.06. The molecule has 1 atom stereocenters. The van der Waals surface area contributed by atoms with Gasteiger partial charge in [0.25, 0.3) is 0 Å². The van der Waals surface area contributed by atoms with Crippen molar-refractivity contribution in [2.24, 2.45) is 0 Å². The molecule has 0 saturated heterocycles. The predicted molar refractivity (Wildman–Crippen MR) is 93.7 cm³/mol. The summed E-state index contributed by atoms with van der Waals surface area (Å²) in [5.74, 6) is 0.557. The van der Waals surface area contributed by atoms with Crippen LogP contribution in [0, 0.1) is 5.82 Å². The number of likely N-dealkylation sites (N-methyl/N-ethyl adjacent to an activating group) is 1. The lowest BCUT2D eigenvalue weighted by Crippen LogP contribution is -2.43. The molecule has 1 N–H and O–H groups in total. The highest BCUT2D eigenvalue weighted by atomic mass is 19.1. The molecule has 25 heavy (non-hydrogen) atoms. The summed E-state index contributed by atoms with van der Waals surface area (Å²) in [4.78, 5) is 16.6. The van der Waals surface area contributed by atoms with Crippen LogP contribution < -0.4 is 5.32 Å². The average molecular weight is 345 g/mol. The molecule has 0 bridgehead atoms. The number of nitrogens with one attached hydrogen (secondary N) is 1. The van der Waals surface area contributed by atoms with E-state index in [-0.39, 0.29) is 17.9 Å². The Balaban J connectivity index is 1.69. The molecule has 0 aliphatic heterocycles. The maximum absolute atomic E-state index is 13.9. The summed E-state index contributed by atoms with van der Waals surface area (Å²) in [6.07, 6.45) is 2.99. The Kier molecular flexibility index (Phi) is 5.38. The van der Waals surface area contributed by atoms with Crippen LogP contribution >= 0.6 is 0 Å². The van der Waals surface area contributed by atoms with Crippen LogP contribution in [0.3, 0.4) is 0 Å².